The first-order valence-corrected chi connectivity index (χ1v) is 5.66. The second-order valence-electron chi connectivity index (χ2n) is 5.19. The molecule has 0 bridgehead atoms. The van der Waals surface area contributed by atoms with Crippen molar-refractivity contribution in [2.75, 3.05) is 7.11 Å². The van der Waals surface area contributed by atoms with E-state index in [1.165, 1.54) is 0 Å². The molecule has 0 aromatic heterocycles. The molecule has 0 saturated carbocycles. The van der Waals surface area contributed by atoms with Crippen LogP contribution in [0.25, 0.3) is 0 Å². The molecule has 0 heterocycles. The summed E-state index contributed by atoms with van der Waals surface area (Å²) in [6.45, 7) is 5.37. The summed E-state index contributed by atoms with van der Waals surface area (Å²) in [5, 5.41) is 0. The monoisotopic (exact) mass is 238 g/mol. The highest BCUT2D eigenvalue weighted by Crippen LogP contribution is 2.26. The first kappa shape index (κ1) is 13.7. The molecule has 3 heteroatoms. The standard InChI is InChI=1S/C14H19FO2/c1-14(2,3)13(15)9-12(16)10-5-7-11(17-4)8-6-10/h5-8,13H,9H2,1-4H3. The van der Waals surface area contributed by atoms with Gasteiger partial charge in [0.15, 0.2) is 5.78 Å². The third-order valence-electron chi connectivity index (χ3n) is 2.72. The summed E-state index contributed by atoms with van der Waals surface area (Å²) in [5.41, 5.74) is 0.0278. The SMILES string of the molecule is COc1ccc(C(=O)CC(F)C(C)(C)C)cc1. The van der Waals surface area contributed by atoms with Crippen molar-refractivity contribution in [2.24, 2.45) is 5.41 Å². The molecule has 0 radical (unpaired) electrons. The van der Waals surface area contributed by atoms with Crippen LogP contribution < -0.4 is 4.74 Å². The maximum atomic E-state index is 13.7. The van der Waals surface area contributed by atoms with E-state index in [1.54, 1.807) is 52.1 Å². The molecule has 1 rings (SSSR count). The predicted molar refractivity (Wildman–Crippen MR) is 66.3 cm³/mol. The number of Topliss-reactive ketones (excluding diaryl/α,β-unsaturated/α-hetero) is 1. The van der Waals surface area contributed by atoms with E-state index in [1.807, 2.05) is 0 Å². The Bertz CT molecular complexity index is 376. The lowest BCUT2D eigenvalue weighted by Gasteiger charge is -2.22. The molecule has 0 saturated heterocycles. The zero-order valence-corrected chi connectivity index (χ0v) is 10.8. The van der Waals surface area contributed by atoms with Crippen molar-refractivity contribution in [3.8, 4) is 5.75 Å². The van der Waals surface area contributed by atoms with Crippen LogP contribution in [0, 0.1) is 5.41 Å². The average Bonchev–Trinajstić information content (AvgIpc) is 2.27. The molecule has 0 amide bonds. The van der Waals surface area contributed by atoms with Crippen molar-refractivity contribution in [1.82, 2.24) is 0 Å². The summed E-state index contributed by atoms with van der Waals surface area (Å²) in [6, 6.07) is 6.74. The molecular formula is C14H19FO2. The zero-order chi connectivity index (χ0) is 13.1. The number of hydrogen-bond donors (Lipinski definition) is 0. The van der Waals surface area contributed by atoms with Crippen molar-refractivity contribution >= 4 is 5.78 Å². The topological polar surface area (TPSA) is 26.3 Å². The fourth-order valence-corrected chi connectivity index (χ4v) is 1.36. The van der Waals surface area contributed by atoms with E-state index in [2.05, 4.69) is 0 Å². The van der Waals surface area contributed by atoms with Crippen LogP contribution in [0.5, 0.6) is 5.75 Å². The van der Waals surface area contributed by atoms with Crippen LogP contribution in [-0.2, 0) is 0 Å². The molecule has 1 unspecified atom stereocenters. The molecule has 2 nitrogen and oxygen atoms in total. The number of ketones is 1. The summed E-state index contributed by atoms with van der Waals surface area (Å²) in [7, 11) is 1.56. The fourth-order valence-electron chi connectivity index (χ4n) is 1.36. The van der Waals surface area contributed by atoms with Crippen LogP contribution in [0.1, 0.15) is 37.6 Å². The Hall–Kier alpha value is -1.38. The van der Waals surface area contributed by atoms with Crippen LogP contribution in [-0.4, -0.2) is 19.1 Å². The molecule has 0 spiro atoms. The molecule has 0 aliphatic heterocycles. The Kier molecular flexibility index (Phi) is 4.27. The van der Waals surface area contributed by atoms with Gasteiger partial charge in [0.2, 0.25) is 0 Å². The van der Waals surface area contributed by atoms with Gasteiger partial charge in [-0.05, 0) is 29.7 Å². The third-order valence-corrected chi connectivity index (χ3v) is 2.72. The zero-order valence-electron chi connectivity index (χ0n) is 10.8. The quantitative estimate of drug-likeness (QED) is 0.748. The van der Waals surface area contributed by atoms with Gasteiger partial charge in [0.05, 0.1) is 7.11 Å². The Morgan fingerprint density at radius 1 is 1.29 bits per heavy atom. The van der Waals surface area contributed by atoms with E-state index < -0.39 is 11.6 Å². The number of alkyl halides is 1. The lowest BCUT2D eigenvalue weighted by Crippen LogP contribution is -2.24. The first-order chi connectivity index (χ1) is 7.84. The van der Waals surface area contributed by atoms with Crippen molar-refractivity contribution in [3.05, 3.63) is 29.8 Å². The Labute approximate surface area is 102 Å². The highest BCUT2D eigenvalue weighted by molar-refractivity contribution is 5.96. The average molecular weight is 238 g/mol. The van der Waals surface area contributed by atoms with E-state index in [4.69, 9.17) is 4.74 Å². The molecule has 1 aromatic rings. The molecule has 0 aliphatic carbocycles. The first-order valence-electron chi connectivity index (χ1n) is 5.66. The van der Waals surface area contributed by atoms with Crippen molar-refractivity contribution < 1.29 is 13.9 Å². The number of methoxy groups -OCH3 is 1. The lowest BCUT2D eigenvalue weighted by molar-refractivity contribution is 0.0862. The van der Waals surface area contributed by atoms with Crippen molar-refractivity contribution in [2.45, 2.75) is 33.4 Å². The Morgan fingerprint density at radius 3 is 2.24 bits per heavy atom. The summed E-state index contributed by atoms with van der Waals surface area (Å²) in [5.74, 6) is 0.518. The van der Waals surface area contributed by atoms with E-state index in [-0.39, 0.29) is 12.2 Å². The van der Waals surface area contributed by atoms with Crippen LogP contribution in [0.4, 0.5) is 4.39 Å². The molecule has 1 aromatic carbocycles. The van der Waals surface area contributed by atoms with Gasteiger partial charge in [-0.25, -0.2) is 4.39 Å². The van der Waals surface area contributed by atoms with Crippen LogP contribution >= 0.6 is 0 Å². The summed E-state index contributed by atoms with van der Waals surface area (Å²) in [4.78, 5) is 11.8. The van der Waals surface area contributed by atoms with E-state index in [0.29, 0.717) is 11.3 Å². The number of halogens is 1. The van der Waals surface area contributed by atoms with Crippen molar-refractivity contribution in [1.29, 1.82) is 0 Å². The van der Waals surface area contributed by atoms with Gasteiger partial charge in [0, 0.05) is 12.0 Å². The molecule has 17 heavy (non-hydrogen) atoms. The summed E-state index contributed by atoms with van der Waals surface area (Å²) >= 11 is 0. The van der Waals surface area contributed by atoms with Gasteiger partial charge in [-0.2, -0.15) is 0 Å². The minimum absolute atomic E-state index is 0.0736. The fraction of sp³-hybridized carbons (Fsp3) is 0.500. The smallest absolute Gasteiger partial charge is 0.165 e. The maximum absolute atomic E-state index is 13.7. The number of ether oxygens (including phenoxy) is 1. The maximum Gasteiger partial charge on any atom is 0.165 e. The molecule has 0 aliphatic rings. The lowest BCUT2D eigenvalue weighted by atomic mass is 9.86. The molecule has 0 N–H and O–H groups in total. The minimum atomic E-state index is -1.13. The van der Waals surface area contributed by atoms with Gasteiger partial charge in [0.1, 0.15) is 11.9 Å². The Morgan fingerprint density at radius 2 is 1.82 bits per heavy atom. The number of carbonyl (C=O) groups is 1. The minimum Gasteiger partial charge on any atom is -0.497 e. The number of carbonyl (C=O) groups excluding carboxylic acids is 1. The van der Waals surface area contributed by atoms with Gasteiger partial charge in [-0.1, -0.05) is 20.8 Å². The predicted octanol–water partition coefficient (Wildman–Crippen LogP) is 3.65. The molecule has 0 fully saturated rings. The molecule has 94 valence electrons. The molecular weight excluding hydrogens is 219 g/mol. The second kappa shape index (κ2) is 5.30. The highest BCUT2D eigenvalue weighted by Gasteiger charge is 2.26. The summed E-state index contributed by atoms with van der Waals surface area (Å²) < 4.78 is 18.7. The highest BCUT2D eigenvalue weighted by atomic mass is 19.1. The second-order valence-corrected chi connectivity index (χ2v) is 5.19. The van der Waals surface area contributed by atoms with Gasteiger partial charge >= 0.3 is 0 Å². The van der Waals surface area contributed by atoms with Crippen molar-refractivity contribution in [3.63, 3.8) is 0 Å². The van der Waals surface area contributed by atoms with E-state index >= 15 is 0 Å². The van der Waals surface area contributed by atoms with E-state index in [0.717, 1.165) is 0 Å². The van der Waals surface area contributed by atoms with Crippen LogP contribution in [0.3, 0.4) is 0 Å². The van der Waals surface area contributed by atoms with Gasteiger partial charge in [-0.15, -0.1) is 0 Å². The normalized spacial score (nSPS) is 13.2. The van der Waals surface area contributed by atoms with Gasteiger partial charge < -0.3 is 4.74 Å². The van der Waals surface area contributed by atoms with Crippen LogP contribution in [0.2, 0.25) is 0 Å². The Balaban J connectivity index is 2.70. The number of benzene rings is 1. The largest absolute Gasteiger partial charge is 0.497 e. The number of hydrogen-bond acceptors (Lipinski definition) is 2. The van der Waals surface area contributed by atoms with E-state index in [9.17, 15) is 9.18 Å². The van der Waals surface area contributed by atoms with Crippen LogP contribution in [0.15, 0.2) is 24.3 Å². The number of rotatable bonds is 4. The third kappa shape index (κ3) is 3.84. The van der Waals surface area contributed by atoms with Gasteiger partial charge in [0.25, 0.3) is 0 Å². The molecule has 1 atom stereocenters. The summed E-state index contributed by atoms with van der Waals surface area (Å²) in [6.07, 6.45) is -1.20. The van der Waals surface area contributed by atoms with Gasteiger partial charge in [-0.3, -0.25) is 4.79 Å².